The normalized spacial score (nSPS) is 23.4. The van der Waals surface area contributed by atoms with Crippen LogP contribution in [0, 0.1) is 0 Å². The molecule has 1 fully saturated rings. The second-order valence-electron chi connectivity index (χ2n) is 5.64. The standard InChI is InChI=1S/C15H24ClN3S/c1-10(2)17-9-14-13(16)5-6-15(18-14)19-7-8-20-12(4)11(19)3/h5-6,10-12,17H,7-9H2,1-4H3. The molecule has 5 heteroatoms. The van der Waals surface area contributed by atoms with Gasteiger partial charge in [-0.25, -0.2) is 4.98 Å². The van der Waals surface area contributed by atoms with Gasteiger partial charge < -0.3 is 10.2 Å². The van der Waals surface area contributed by atoms with Gasteiger partial charge in [-0.2, -0.15) is 11.8 Å². The smallest absolute Gasteiger partial charge is 0.129 e. The molecule has 1 N–H and O–H groups in total. The number of halogens is 1. The van der Waals surface area contributed by atoms with E-state index in [1.165, 1.54) is 0 Å². The first-order chi connectivity index (χ1) is 9.49. The number of pyridine rings is 1. The third kappa shape index (κ3) is 3.80. The van der Waals surface area contributed by atoms with Gasteiger partial charge in [0.05, 0.1) is 10.7 Å². The van der Waals surface area contributed by atoms with Gasteiger partial charge in [0.25, 0.3) is 0 Å². The van der Waals surface area contributed by atoms with Gasteiger partial charge in [0.15, 0.2) is 0 Å². The molecule has 0 saturated carbocycles. The summed E-state index contributed by atoms with van der Waals surface area (Å²) in [4.78, 5) is 7.17. The predicted molar refractivity (Wildman–Crippen MR) is 90.0 cm³/mol. The predicted octanol–water partition coefficient (Wildman–Crippen LogP) is 3.56. The summed E-state index contributed by atoms with van der Waals surface area (Å²) < 4.78 is 0. The van der Waals surface area contributed by atoms with Gasteiger partial charge in [0, 0.05) is 36.2 Å². The monoisotopic (exact) mass is 313 g/mol. The lowest BCUT2D eigenvalue weighted by molar-refractivity contribution is 0.578. The Morgan fingerprint density at radius 2 is 2.20 bits per heavy atom. The number of hydrogen-bond acceptors (Lipinski definition) is 4. The minimum atomic E-state index is 0.432. The maximum atomic E-state index is 6.26. The van der Waals surface area contributed by atoms with E-state index in [0.717, 1.165) is 35.4 Å². The van der Waals surface area contributed by atoms with Gasteiger partial charge in [0.2, 0.25) is 0 Å². The van der Waals surface area contributed by atoms with Crippen molar-refractivity contribution in [3.63, 3.8) is 0 Å². The van der Waals surface area contributed by atoms with Gasteiger partial charge >= 0.3 is 0 Å². The SMILES string of the molecule is CC(C)NCc1nc(N2CCSC(C)C2C)ccc1Cl. The quantitative estimate of drug-likeness (QED) is 0.920. The zero-order valence-corrected chi connectivity index (χ0v) is 14.3. The zero-order valence-electron chi connectivity index (χ0n) is 12.7. The van der Waals surface area contributed by atoms with Crippen LogP contribution in [0.5, 0.6) is 0 Å². The summed E-state index contributed by atoms with van der Waals surface area (Å²) in [5.74, 6) is 2.21. The van der Waals surface area contributed by atoms with Crippen molar-refractivity contribution >= 4 is 29.2 Å². The summed E-state index contributed by atoms with van der Waals surface area (Å²) in [7, 11) is 0. The molecule has 0 aliphatic carbocycles. The van der Waals surface area contributed by atoms with Gasteiger partial charge in [0.1, 0.15) is 5.82 Å². The van der Waals surface area contributed by atoms with Crippen LogP contribution in [-0.4, -0.2) is 34.6 Å². The molecule has 2 rings (SSSR count). The lowest BCUT2D eigenvalue weighted by atomic mass is 10.2. The summed E-state index contributed by atoms with van der Waals surface area (Å²) in [6, 6.07) is 4.95. The number of nitrogens with one attached hydrogen (secondary N) is 1. The van der Waals surface area contributed by atoms with Crippen LogP contribution in [0.4, 0.5) is 5.82 Å². The summed E-state index contributed by atoms with van der Waals surface area (Å²) in [5.41, 5.74) is 0.941. The molecule has 2 atom stereocenters. The van der Waals surface area contributed by atoms with Crippen molar-refractivity contribution < 1.29 is 0 Å². The molecule has 2 heterocycles. The Morgan fingerprint density at radius 1 is 1.45 bits per heavy atom. The van der Waals surface area contributed by atoms with Gasteiger partial charge in [-0.15, -0.1) is 0 Å². The number of thioether (sulfide) groups is 1. The first-order valence-electron chi connectivity index (χ1n) is 7.26. The van der Waals surface area contributed by atoms with E-state index in [2.05, 4.69) is 37.9 Å². The van der Waals surface area contributed by atoms with Crippen LogP contribution in [0.3, 0.4) is 0 Å². The van der Waals surface area contributed by atoms with E-state index in [-0.39, 0.29) is 0 Å². The minimum absolute atomic E-state index is 0.432. The molecule has 0 bridgehead atoms. The van der Waals surface area contributed by atoms with Crippen molar-refractivity contribution in [2.75, 3.05) is 17.2 Å². The Bertz CT molecular complexity index is 453. The summed E-state index contributed by atoms with van der Waals surface area (Å²) >= 11 is 8.30. The molecule has 0 amide bonds. The van der Waals surface area contributed by atoms with Crippen molar-refractivity contribution in [1.82, 2.24) is 10.3 Å². The van der Waals surface area contributed by atoms with Crippen LogP contribution in [0.25, 0.3) is 0 Å². The fourth-order valence-corrected chi connectivity index (χ4v) is 3.59. The lowest BCUT2D eigenvalue weighted by Crippen LogP contribution is -2.45. The Hall–Kier alpha value is -0.450. The maximum Gasteiger partial charge on any atom is 0.129 e. The molecular weight excluding hydrogens is 290 g/mol. The average molecular weight is 314 g/mol. The van der Waals surface area contributed by atoms with E-state index in [9.17, 15) is 0 Å². The number of nitrogens with zero attached hydrogens (tertiary/aromatic N) is 2. The van der Waals surface area contributed by atoms with Crippen LogP contribution in [0.2, 0.25) is 5.02 Å². The Kier molecular flexibility index (Phi) is 5.58. The highest BCUT2D eigenvalue weighted by Crippen LogP contribution is 2.29. The fourth-order valence-electron chi connectivity index (χ4n) is 2.31. The van der Waals surface area contributed by atoms with Crippen molar-refractivity contribution in [1.29, 1.82) is 0 Å². The summed E-state index contributed by atoms with van der Waals surface area (Å²) in [6.07, 6.45) is 0. The second kappa shape index (κ2) is 7.01. The van der Waals surface area contributed by atoms with Crippen LogP contribution >= 0.6 is 23.4 Å². The van der Waals surface area contributed by atoms with Crippen LogP contribution < -0.4 is 10.2 Å². The number of rotatable bonds is 4. The molecule has 20 heavy (non-hydrogen) atoms. The van der Waals surface area contributed by atoms with E-state index >= 15 is 0 Å². The average Bonchev–Trinajstić information content (AvgIpc) is 2.41. The molecule has 1 aliphatic heterocycles. The molecule has 1 aromatic heterocycles. The van der Waals surface area contributed by atoms with Crippen LogP contribution in [-0.2, 0) is 6.54 Å². The zero-order chi connectivity index (χ0) is 14.7. The molecule has 2 unspecified atom stereocenters. The topological polar surface area (TPSA) is 28.2 Å². The van der Waals surface area contributed by atoms with Crippen LogP contribution in [0.15, 0.2) is 12.1 Å². The number of hydrogen-bond donors (Lipinski definition) is 1. The van der Waals surface area contributed by atoms with E-state index < -0.39 is 0 Å². The van der Waals surface area contributed by atoms with E-state index in [1.807, 2.05) is 23.9 Å². The maximum absolute atomic E-state index is 6.26. The molecule has 0 radical (unpaired) electrons. The highest BCUT2D eigenvalue weighted by atomic mass is 35.5. The first-order valence-corrected chi connectivity index (χ1v) is 8.68. The Labute approximate surface area is 131 Å². The van der Waals surface area contributed by atoms with E-state index in [4.69, 9.17) is 16.6 Å². The molecule has 112 valence electrons. The fraction of sp³-hybridized carbons (Fsp3) is 0.667. The number of aromatic nitrogens is 1. The lowest BCUT2D eigenvalue weighted by Gasteiger charge is -2.38. The first kappa shape index (κ1) is 15.9. The van der Waals surface area contributed by atoms with E-state index in [1.54, 1.807) is 0 Å². The second-order valence-corrected chi connectivity index (χ2v) is 7.54. The summed E-state index contributed by atoms with van der Waals surface area (Å²) in [5, 5.41) is 4.77. The van der Waals surface area contributed by atoms with Crippen LogP contribution in [0.1, 0.15) is 33.4 Å². The van der Waals surface area contributed by atoms with Crippen molar-refractivity contribution in [3.8, 4) is 0 Å². The highest BCUT2D eigenvalue weighted by Gasteiger charge is 2.26. The number of anilines is 1. The molecule has 0 spiro atoms. The molecule has 0 aromatic carbocycles. The van der Waals surface area contributed by atoms with Gasteiger partial charge in [-0.05, 0) is 19.1 Å². The Morgan fingerprint density at radius 3 is 2.90 bits per heavy atom. The van der Waals surface area contributed by atoms with Crippen molar-refractivity contribution in [2.24, 2.45) is 0 Å². The largest absolute Gasteiger partial charge is 0.352 e. The molecular formula is C15H24ClN3S. The van der Waals surface area contributed by atoms with Gasteiger partial charge in [-0.3, -0.25) is 0 Å². The van der Waals surface area contributed by atoms with Crippen molar-refractivity contribution in [3.05, 3.63) is 22.8 Å². The van der Waals surface area contributed by atoms with E-state index in [0.29, 0.717) is 17.3 Å². The minimum Gasteiger partial charge on any atom is -0.352 e. The Balaban J connectivity index is 2.17. The molecule has 3 nitrogen and oxygen atoms in total. The molecule has 1 aliphatic rings. The van der Waals surface area contributed by atoms with Crippen molar-refractivity contribution in [2.45, 2.75) is 51.6 Å². The highest BCUT2D eigenvalue weighted by molar-refractivity contribution is 8.00. The summed E-state index contributed by atoms with van der Waals surface area (Å²) in [6.45, 7) is 10.6. The van der Waals surface area contributed by atoms with Gasteiger partial charge in [-0.1, -0.05) is 32.4 Å². The molecule has 1 aromatic rings. The third-order valence-corrected chi connectivity index (χ3v) is 5.44. The third-order valence-electron chi connectivity index (χ3n) is 3.76. The molecule has 1 saturated heterocycles.